The molecular formula is C10H14BrNO. The van der Waals surface area contributed by atoms with E-state index < -0.39 is 0 Å². The van der Waals surface area contributed by atoms with Crippen LogP contribution < -0.4 is 5.73 Å². The molecule has 1 aromatic carbocycles. The molecule has 0 heterocycles. The Morgan fingerprint density at radius 3 is 2.69 bits per heavy atom. The van der Waals surface area contributed by atoms with Gasteiger partial charge in [-0.3, -0.25) is 0 Å². The van der Waals surface area contributed by atoms with Gasteiger partial charge in [0.25, 0.3) is 0 Å². The topological polar surface area (TPSA) is 46.2 Å². The van der Waals surface area contributed by atoms with E-state index in [1.807, 2.05) is 13.0 Å². The van der Waals surface area contributed by atoms with Crippen molar-refractivity contribution in [3.8, 4) is 5.75 Å². The van der Waals surface area contributed by atoms with E-state index in [0.29, 0.717) is 12.3 Å². The summed E-state index contributed by atoms with van der Waals surface area (Å²) in [5.41, 5.74) is 7.42. The van der Waals surface area contributed by atoms with Gasteiger partial charge in [0, 0.05) is 10.0 Å². The summed E-state index contributed by atoms with van der Waals surface area (Å²) in [6.45, 7) is 2.61. The number of phenolic OH excluding ortho intramolecular Hbond substituents is 1. The molecule has 2 nitrogen and oxygen atoms in total. The minimum absolute atomic E-state index is 0.361. The molecule has 0 bridgehead atoms. The lowest BCUT2D eigenvalue weighted by atomic mass is 10.1. The summed E-state index contributed by atoms with van der Waals surface area (Å²) in [5, 5.41) is 9.63. The second kappa shape index (κ2) is 4.63. The number of hydrogen-bond donors (Lipinski definition) is 2. The number of rotatable bonds is 3. The number of phenols is 1. The van der Waals surface area contributed by atoms with Crippen molar-refractivity contribution >= 4 is 15.9 Å². The van der Waals surface area contributed by atoms with Gasteiger partial charge < -0.3 is 10.8 Å². The SMILES string of the molecule is Cc1cc(O)c(CCCN)c(Br)c1. The number of aromatic hydroxyl groups is 1. The maximum absolute atomic E-state index is 9.63. The molecule has 0 amide bonds. The molecule has 3 heteroatoms. The van der Waals surface area contributed by atoms with Crippen molar-refractivity contribution in [3.63, 3.8) is 0 Å². The molecule has 1 rings (SSSR count). The van der Waals surface area contributed by atoms with Gasteiger partial charge >= 0.3 is 0 Å². The van der Waals surface area contributed by atoms with Crippen LogP contribution in [-0.4, -0.2) is 11.7 Å². The van der Waals surface area contributed by atoms with E-state index >= 15 is 0 Å². The van der Waals surface area contributed by atoms with Crippen LogP contribution in [0.2, 0.25) is 0 Å². The van der Waals surface area contributed by atoms with Crippen molar-refractivity contribution in [3.05, 3.63) is 27.7 Å². The number of hydrogen-bond acceptors (Lipinski definition) is 2. The highest BCUT2D eigenvalue weighted by molar-refractivity contribution is 9.10. The monoisotopic (exact) mass is 243 g/mol. The molecular weight excluding hydrogens is 230 g/mol. The summed E-state index contributed by atoms with van der Waals surface area (Å²) in [6.07, 6.45) is 1.72. The van der Waals surface area contributed by atoms with Crippen molar-refractivity contribution in [1.82, 2.24) is 0 Å². The lowest BCUT2D eigenvalue weighted by Gasteiger charge is -2.07. The fraction of sp³-hybridized carbons (Fsp3) is 0.400. The summed E-state index contributed by atoms with van der Waals surface area (Å²) >= 11 is 3.43. The normalized spacial score (nSPS) is 10.4. The van der Waals surface area contributed by atoms with E-state index in [0.717, 1.165) is 28.4 Å². The van der Waals surface area contributed by atoms with E-state index in [1.54, 1.807) is 6.07 Å². The largest absolute Gasteiger partial charge is 0.508 e. The summed E-state index contributed by atoms with van der Waals surface area (Å²) in [6, 6.07) is 3.78. The maximum Gasteiger partial charge on any atom is 0.120 e. The summed E-state index contributed by atoms with van der Waals surface area (Å²) in [4.78, 5) is 0. The maximum atomic E-state index is 9.63. The van der Waals surface area contributed by atoms with Gasteiger partial charge in [0.1, 0.15) is 5.75 Å². The second-order valence-corrected chi connectivity index (χ2v) is 3.99. The highest BCUT2D eigenvalue weighted by Crippen LogP contribution is 2.28. The third-order valence-electron chi connectivity index (χ3n) is 1.95. The van der Waals surface area contributed by atoms with Crippen LogP contribution >= 0.6 is 15.9 Å². The highest BCUT2D eigenvalue weighted by Gasteiger charge is 2.06. The molecule has 3 N–H and O–H groups in total. The molecule has 13 heavy (non-hydrogen) atoms. The van der Waals surface area contributed by atoms with Gasteiger partial charge in [-0.2, -0.15) is 0 Å². The van der Waals surface area contributed by atoms with Crippen LogP contribution in [0.5, 0.6) is 5.75 Å². The van der Waals surface area contributed by atoms with Crippen LogP contribution in [0.25, 0.3) is 0 Å². The van der Waals surface area contributed by atoms with E-state index in [1.165, 1.54) is 0 Å². The van der Waals surface area contributed by atoms with Gasteiger partial charge in [0.15, 0.2) is 0 Å². The fourth-order valence-electron chi connectivity index (χ4n) is 1.28. The van der Waals surface area contributed by atoms with Gasteiger partial charge in [-0.1, -0.05) is 15.9 Å². The Hall–Kier alpha value is -0.540. The van der Waals surface area contributed by atoms with Crippen LogP contribution in [0, 0.1) is 6.92 Å². The molecule has 72 valence electrons. The Balaban J connectivity index is 2.92. The molecule has 0 aliphatic rings. The quantitative estimate of drug-likeness (QED) is 0.857. The summed E-state index contributed by atoms with van der Waals surface area (Å²) < 4.78 is 0.971. The first kappa shape index (κ1) is 10.5. The molecule has 0 spiro atoms. The van der Waals surface area contributed by atoms with Crippen molar-refractivity contribution in [2.24, 2.45) is 5.73 Å². The van der Waals surface area contributed by atoms with E-state index in [9.17, 15) is 5.11 Å². The average molecular weight is 244 g/mol. The highest BCUT2D eigenvalue weighted by atomic mass is 79.9. The molecule has 0 saturated heterocycles. The zero-order chi connectivity index (χ0) is 9.84. The first-order chi connectivity index (χ1) is 6.15. The lowest BCUT2D eigenvalue weighted by Crippen LogP contribution is -2.01. The minimum Gasteiger partial charge on any atom is -0.508 e. The molecule has 1 aromatic rings. The van der Waals surface area contributed by atoms with Crippen molar-refractivity contribution in [2.45, 2.75) is 19.8 Å². The fourth-order valence-corrected chi connectivity index (χ4v) is 2.04. The lowest BCUT2D eigenvalue weighted by molar-refractivity contribution is 0.466. The van der Waals surface area contributed by atoms with Crippen LogP contribution in [-0.2, 0) is 6.42 Å². The Kier molecular flexibility index (Phi) is 3.75. The third-order valence-corrected chi connectivity index (χ3v) is 2.65. The van der Waals surface area contributed by atoms with Crippen molar-refractivity contribution < 1.29 is 5.11 Å². The molecule has 0 unspecified atom stereocenters. The number of benzene rings is 1. The smallest absolute Gasteiger partial charge is 0.120 e. The first-order valence-corrected chi connectivity index (χ1v) is 5.12. The Morgan fingerprint density at radius 2 is 2.15 bits per heavy atom. The van der Waals surface area contributed by atoms with E-state index in [4.69, 9.17) is 5.73 Å². The third kappa shape index (κ3) is 2.71. The summed E-state index contributed by atoms with van der Waals surface area (Å²) in [7, 11) is 0. The Bertz CT molecular complexity index is 276. The zero-order valence-electron chi connectivity index (χ0n) is 7.68. The van der Waals surface area contributed by atoms with Crippen LogP contribution in [0.3, 0.4) is 0 Å². The van der Waals surface area contributed by atoms with E-state index in [2.05, 4.69) is 15.9 Å². The minimum atomic E-state index is 0.361. The Labute approximate surface area is 86.9 Å². The van der Waals surface area contributed by atoms with E-state index in [-0.39, 0.29) is 0 Å². The van der Waals surface area contributed by atoms with Gasteiger partial charge in [-0.25, -0.2) is 0 Å². The van der Waals surface area contributed by atoms with Crippen LogP contribution in [0.15, 0.2) is 16.6 Å². The second-order valence-electron chi connectivity index (χ2n) is 3.14. The molecule has 0 saturated carbocycles. The number of nitrogens with two attached hydrogens (primary N) is 1. The molecule has 0 fully saturated rings. The van der Waals surface area contributed by atoms with Crippen molar-refractivity contribution in [2.75, 3.05) is 6.54 Å². The van der Waals surface area contributed by atoms with Crippen LogP contribution in [0.1, 0.15) is 17.5 Å². The molecule has 0 atom stereocenters. The van der Waals surface area contributed by atoms with Gasteiger partial charge in [0.2, 0.25) is 0 Å². The Morgan fingerprint density at radius 1 is 1.46 bits per heavy atom. The summed E-state index contributed by atoms with van der Waals surface area (Å²) in [5.74, 6) is 0.361. The predicted octanol–water partition coefficient (Wildman–Crippen LogP) is 2.35. The van der Waals surface area contributed by atoms with Crippen molar-refractivity contribution in [1.29, 1.82) is 0 Å². The standard InChI is InChI=1S/C10H14BrNO/c1-7-5-9(11)8(3-2-4-12)10(13)6-7/h5-6,13H,2-4,12H2,1H3. The zero-order valence-corrected chi connectivity index (χ0v) is 9.26. The number of aryl methyl sites for hydroxylation is 1. The van der Waals surface area contributed by atoms with Gasteiger partial charge in [0.05, 0.1) is 0 Å². The number of halogens is 1. The molecule has 0 aromatic heterocycles. The molecule has 0 radical (unpaired) electrons. The van der Waals surface area contributed by atoms with Crippen LogP contribution in [0.4, 0.5) is 0 Å². The molecule has 0 aliphatic carbocycles. The first-order valence-electron chi connectivity index (χ1n) is 4.33. The van der Waals surface area contributed by atoms with Gasteiger partial charge in [-0.05, 0) is 44.0 Å². The molecule has 0 aliphatic heterocycles. The van der Waals surface area contributed by atoms with Gasteiger partial charge in [-0.15, -0.1) is 0 Å². The predicted molar refractivity (Wildman–Crippen MR) is 57.9 cm³/mol. The average Bonchev–Trinajstić information content (AvgIpc) is 2.02.